The lowest BCUT2D eigenvalue weighted by molar-refractivity contribution is -0.599. The third-order valence-corrected chi connectivity index (χ3v) is 8.39. The summed E-state index contributed by atoms with van der Waals surface area (Å²) < 4.78 is 12.7. The fraction of sp³-hybridized carbons (Fsp3) is 0.200. The zero-order valence-electron chi connectivity index (χ0n) is 26.7. The smallest absolute Gasteiger partial charge is 0.268 e. The number of fused-ring (bicyclic) bond motifs is 3. The van der Waals surface area contributed by atoms with E-state index in [2.05, 4.69) is 131 Å². The maximum atomic E-state index is 6.49. The molecule has 7 rings (SSSR count). The normalized spacial score (nSPS) is 12.2. The number of hydrogen-bond donors (Lipinski definition) is 0. The fourth-order valence-corrected chi connectivity index (χ4v) is 5.83. The van der Waals surface area contributed by atoms with Crippen LogP contribution in [0.4, 0.5) is 0 Å². The van der Waals surface area contributed by atoms with Crippen molar-refractivity contribution >= 4 is 21.8 Å². The van der Waals surface area contributed by atoms with Gasteiger partial charge in [0.2, 0.25) is 0 Å². The molecule has 45 heavy (non-hydrogen) atoms. The van der Waals surface area contributed by atoms with E-state index in [0.717, 1.165) is 45.1 Å². The quantitative estimate of drug-likeness (QED) is 0.148. The molecule has 5 nitrogen and oxygen atoms in total. The molecule has 224 valence electrons. The first-order valence-electron chi connectivity index (χ1n) is 15.5. The molecule has 0 saturated carbocycles. The Hall–Kier alpha value is -5.16. The van der Waals surface area contributed by atoms with Gasteiger partial charge in [0, 0.05) is 35.4 Å². The molecule has 0 saturated heterocycles. The molecule has 0 aliphatic rings. The molecule has 0 fully saturated rings. The lowest BCUT2D eigenvalue weighted by Crippen LogP contribution is -2.29. The van der Waals surface area contributed by atoms with Crippen molar-refractivity contribution in [2.75, 3.05) is 0 Å². The van der Waals surface area contributed by atoms with E-state index in [4.69, 9.17) is 9.72 Å². The summed E-state index contributed by atoms with van der Waals surface area (Å²) in [5.41, 5.74) is 6.86. The number of ether oxygens (including phenoxy) is 1. The molecule has 0 spiro atoms. The Labute approximate surface area is 265 Å². The lowest BCUT2D eigenvalue weighted by atomic mass is 9.87. The number of rotatable bonds is 5. The molecule has 0 unspecified atom stereocenters. The minimum absolute atomic E-state index is 0.0165. The molecule has 0 atom stereocenters. The Kier molecular flexibility index (Phi) is 6.85. The highest BCUT2D eigenvalue weighted by Crippen LogP contribution is 2.36. The molecule has 0 bridgehead atoms. The van der Waals surface area contributed by atoms with Gasteiger partial charge in [-0.3, -0.25) is 13.7 Å². The van der Waals surface area contributed by atoms with E-state index in [1.807, 2.05) is 52.0 Å². The molecule has 0 aliphatic carbocycles. The second kappa shape index (κ2) is 10.8. The highest BCUT2D eigenvalue weighted by Gasteiger charge is 2.18. The maximum Gasteiger partial charge on any atom is 0.268 e. The summed E-state index contributed by atoms with van der Waals surface area (Å²) in [7, 11) is 0. The van der Waals surface area contributed by atoms with Crippen molar-refractivity contribution in [1.82, 2.24) is 14.1 Å². The zero-order valence-corrected chi connectivity index (χ0v) is 26.7. The average molecular weight is 591 g/mol. The van der Waals surface area contributed by atoms with Crippen molar-refractivity contribution < 1.29 is 9.30 Å². The van der Waals surface area contributed by atoms with Crippen LogP contribution < -0.4 is 9.30 Å². The van der Waals surface area contributed by atoms with Crippen molar-refractivity contribution in [3.05, 3.63) is 139 Å². The summed E-state index contributed by atoms with van der Waals surface area (Å²) in [5, 5.41) is 2.35. The number of aromatic nitrogens is 4. The molecule has 3 heterocycles. The molecular weight excluding hydrogens is 552 g/mol. The van der Waals surface area contributed by atoms with Crippen LogP contribution >= 0.6 is 0 Å². The first kappa shape index (κ1) is 28.6. The Balaban J connectivity index is 1.23. The molecule has 7 aromatic rings. The van der Waals surface area contributed by atoms with Crippen LogP contribution in [0.5, 0.6) is 11.5 Å². The molecule has 3 aromatic heterocycles. The van der Waals surface area contributed by atoms with Crippen LogP contribution in [-0.4, -0.2) is 14.1 Å². The van der Waals surface area contributed by atoms with Gasteiger partial charge in [0.05, 0.1) is 22.4 Å². The molecule has 0 aliphatic heterocycles. The molecule has 5 heteroatoms. The minimum Gasteiger partial charge on any atom is -0.458 e. The summed E-state index contributed by atoms with van der Waals surface area (Å²) in [6, 6.07) is 35.8. The number of para-hydroxylation sites is 1. The minimum atomic E-state index is 0.0165. The molecule has 0 amide bonds. The van der Waals surface area contributed by atoms with Crippen LogP contribution in [0.25, 0.3) is 39.0 Å². The van der Waals surface area contributed by atoms with Gasteiger partial charge in [-0.1, -0.05) is 77.9 Å². The number of nitrogens with zero attached hydrogens (tertiary/aromatic N) is 4. The van der Waals surface area contributed by atoms with Gasteiger partial charge >= 0.3 is 0 Å². The number of imidazole rings is 1. The molecule has 4 aromatic carbocycles. The summed E-state index contributed by atoms with van der Waals surface area (Å²) >= 11 is 0. The molecule has 0 N–H and O–H groups in total. The zero-order chi connectivity index (χ0) is 31.3. The standard InChI is InChI=1S/C40H38N4O/c1-39(2,3)28-11-9-12-30(23-28)42-21-22-43(27-42)31-13-10-14-32(25-31)45-33-17-18-35-34-15-7-8-16-36(34)44(37(35)26-33)38-24-29(19-20-41-38)40(4,5)6/h7-26H,1-6H3. The van der Waals surface area contributed by atoms with Crippen LogP contribution in [0.2, 0.25) is 0 Å². The Bertz CT molecular complexity index is 2170. The van der Waals surface area contributed by atoms with Crippen LogP contribution in [0.3, 0.4) is 0 Å². The summed E-state index contributed by atoms with van der Waals surface area (Å²) in [4.78, 5) is 4.81. The lowest BCUT2D eigenvalue weighted by Gasteiger charge is -2.20. The molecule has 0 radical (unpaired) electrons. The van der Waals surface area contributed by atoms with Crippen LogP contribution in [0.1, 0.15) is 52.7 Å². The maximum absolute atomic E-state index is 6.49. The van der Waals surface area contributed by atoms with Gasteiger partial charge in [-0.25, -0.2) is 4.98 Å². The van der Waals surface area contributed by atoms with Crippen molar-refractivity contribution in [3.63, 3.8) is 0 Å². The van der Waals surface area contributed by atoms with Crippen molar-refractivity contribution in [2.45, 2.75) is 52.4 Å². The van der Waals surface area contributed by atoms with Crippen molar-refractivity contribution in [2.24, 2.45) is 0 Å². The van der Waals surface area contributed by atoms with Gasteiger partial charge in [-0.05, 0) is 82.6 Å². The van der Waals surface area contributed by atoms with Crippen molar-refractivity contribution in [3.8, 4) is 28.7 Å². The Morgan fingerprint density at radius 2 is 1.40 bits per heavy atom. The largest absolute Gasteiger partial charge is 0.458 e. The van der Waals surface area contributed by atoms with E-state index in [9.17, 15) is 0 Å². The van der Waals surface area contributed by atoms with E-state index in [1.54, 1.807) is 0 Å². The van der Waals surface area contributed by atoms with Gasteiger partial charge in [-0.2, -0.15) is 0 Å². The first-order chi connectivity index (χ1) is 21.5. The Morgan fingerprint density at radius 3 is 2.22 bits per heavy atom. The van der Waals surface area contributed by atoms with E-state index in [1.165, 1.54) is 16.5 Å². The number of hydrogen-bond acceptors (Lipinski definition) is 2. The number of pyridine rings is 1. The highest BCUT2D eigenvalue weighted by molar-refractivity contribution is 6.09. The Morgan fingerprint density at radius 1 is 0.667 bits per heavy atom. The summed E-state index contributed by atoms with van der Waals surface area (Å²) in [6.45, 7) is 13.4. The van der Waals surface area contributed by atoms with E-state index in [-0.39, 0.29) is 10.8 Å². The predicted octanol–water partition coefficient (Wildman–Crippen LogP) is 9.43. The predicted molar refractivity (Wildman–Crippen MR) is 182 cm³/mol. The topological polar surface area (TPSA) is 35.9 Å². The monoisotopic (exact) mass is 590 g/mol. The highest BCUT2D eigenvalue weighted by atomic mass is 16.5. The number of benzene rings is 4. The van der Waals surface area contributed by atoms with Gasteiger partial charge in [-0.15, -0.1) is 0 Å². The van der Waals surface area contributed by atoms with Gasteiger partial charge in [0.25, 0.3) is 6.33 Å². The SMILES string of the molecule is CC(C)(C)c1cccc(-[n+]2[c-]n(-c3cccc(Oc4ccc5c6ccccc6n(-c6cc(C(C)(C)C)ccn6)c5c4)c3)cc2)c1. The second-order valence-electron chi connectivity index (χ2n) is 13.7. The third kappa shape index (κ3) is 5.51. The van der Waals surface area contributed by atoms with E-state index in [0.29, 0.717) is 0 Å². The van der Waals surface area contributed by atoms with Gasteiger partial charge in [0.15, 0.2) is 0 Å². The second-order valence-corrected chi connectivity index (χ2v) is 13.7. The van der Waals surface area contributed by atoms with Crippen LogP contribution in [-0.2, 0) is 10.8 Å². The summed E-state index contributed by atoms with van der Waals surface area (Å²) in [6.07, 6.45) is 9.42. The van der Waals surface area contributed by atoms with Crippen LogP contribution in [0, 0.1) is 6.33 Å². The summed E-state index contributed by atoms with van der Waals surface area (Å²) in [5.74, 6) is 2.42. The third-order valence-electron chi connectivity index (χ3n) is 8.39. The van der Waals surface area contributed by atoms with E-state index < -0.39 is 0 Å². The van der Waals surface area contributed by atoms with Crippen LogP contribution in [0.15, 0.2) is 122 Å². The molecular formula is C40H38N4O. The van der Waals surface area contributed by atoms with Crippen molar-refractivity contribution in [1.29, 1.82) is 0 Å². The van der Waals surface area contributed by atoms with Gasteiger partial charge < -0.3 is 4.74 Å². The average Bonchev–Trinajstić information content (AvgIpc) is 3.64. The first-order valence-corrected chi connectivity index (χ1v) is 15.5. The van der Waals surface area contributed by atoms with Gasteiger partial charge in [0.1, 0.15) is 17.3 Å². The fourth-order valence-electron chi connectivity index (χ4n) is 5.83. The van der Waals surface area contributed by atoms with E-state index >= 15 is 0 Å².